The summed E-state index contributed by atoms with van der Waals surface area (Å²) < 4.78 is 0. The van der Waals surface area contributed by atoms with Crippen molar-refractivity contribution in [1.29, 1.82) is 0 Å². The molecule has 1 heteroatoms. The van der Waals surface area contributed by atoms with Crippen molar-refractivity contribution in [3.8, 4) is 0 Å². The largest absolute Gasteiger partial charge is 0.396 e. The van der Waals surface area contributed by atoms with Crippen LogP contribution < -0.4 is 0 Å². The van der Waals surface area contributed by atoms with Crippen molar-refractivity contribution in [3.63, 3.8) is 0 Å². The van der Waals surface area contributed by atoms with Crippen LogP contribution >= 0.6 is 0 Å². The van der Waals surface area contributed by atoms with Gasteiger partial charge in [-0.05, 0) is 17.3 Å². The zero-order valence-electron chi connectivity index (χ0n) is 7.86. The lowest BCUT2D eigenvalue weighted by atomic mass is 9.68. The summed E-state index contributed by atoms with van der Waals surface area (Å²) in [4.78, 5) is 0. The maximum Gasteiger partial charge on any atom is 0.0436 e. The molecule has 0 atom stereocenters. The second kappa shape index (κ2) is 2.91. The molecule has 0 rings (SSSR count). The Morgan fingerprint density at radius 1 is 1.00 bits per heavy atom. The molecule has 0 radical (unpaired) electrons. The standard InChI is InChI=1S/C9H20O/c1-8(2,3)9(4,5)6-7-10/h10H,6-7H2,1-5H3. The zero-order chi connectivity index (χ0) is 8.41. The van der Waals surface area contributed by atoms with Crippen LogP contribution in [0.5, 0.6) is 0 Å². The molecule has 0 aliphatic rings. The van der Waals surface area contributed by atoms with Gasteiger partial charge in [-0.1, -0.05) is 34.6 Å². The third kappa shape index (κ3) is 2.30. The van der Waals surface area contributed by atoms with Gasteiger partial charge in [0.05, 0.1) is 0 Å². The minimum atomic E-state index is 0.238. The molecular weight excluding hydrogens is 124 g/mol. The van der Waals surface area contributed by atoms with Crippen LogP contribution in [0.3, 0.4) is 0 Å². The van der Waals surface area contributed by atoms with E-state index in [9.17, 15) is 0 Å². The van der Waals surface area contributed by atoms with E-state index in [2.05, 4.69) is 34.6 Å². The monoisotopic (exact) mass is 144 g/mol. The summed E-state index contributed by atoms with van der Waals surface area (Å²) in [5.41, 5.74) is 0.525. The number of aliphatic hydroxyl groups excluding tert-OH is 1. The van der Waals surface area contributed by atoms with E-state index in [-0.39, 0.29) is 10.8 Å². The smallest absolute Gasteiger partial charge is 0.0436 e. The first-order chi connectivity index (χ1) is 4.31. The Kier molecular flexibility index (Phi) is 2.90. The Labute approximate surface area is 64.5 Å². The SMILES string of the molecule is CC(C)(C)C(C)(C)CCO. The molecule has 0 aromatic heterocycles. The van der Waals surface area contributed by atoms with Crippen molar-refractivity contribution in [3.05, 3.63) is 0 Å². The number of rotatable bonds is 2. The molecule has 0 aromatic rings. The highest BCUT2D eigenvalue weighted by Crippen LogP contribution is 2.40. The van der Waals surface area contributed by atoms with Gasteiger partial charge in [0.15, 0.2) is 0 Å². The van der Waals surface area contributed by atoms with Crippen molar-refractivity contribution in [2.75, 3.05) is 6.61 Å². The lowest BCUT2D eigenvalue weighted by molar-refractivity contribution is 0.0903. The molecule has 0 spiro atoms. The average Bonchev–Trinajstić information content (AvgIpc) is 1.61. The Morgan fingerprint density at radius 2 is 1.40 bits per heavy atom. The predicted octanol–water partition coefficient (Wildman–Crippen LogP) is 2.44. The van der Waals surface area contributed by atoms with Gasteiger partial charge < -0.3 is 5.11 Å². The molecule has 0 heterocycles. The van der Waals surface area contributed by atoms with Gasteiger partial charge in [-0.25, -0.2) is 0 Å². The van der Waals surface area contributed by atoms with Gasteiger partial charge in [-0.2, -0.15) is 0 Å². The Balaban J connectivity index is 4.10. The van der Waals surface area contributed by atoms with E-state index in [4.69, 9.17) is 5.11 Å². The maximum atomic E-state index is 8.77. The third-order valence-corrected chi connectivity index (χ3v) is 2.77. The lowest BCUT2D eigenvalue weighted by Gasteiger charge is -2.38. The van der Waals surface area contributed by atoms with Gasteiger partial charge in [0.1, 0.15) is 0 Å². The molecule has 0 fully saturated rings. The summed E-state index contributed by atoms with van der Waals surface area (Å²) in [5, 5.41) is 8.77. The van der Waals surface area contributed by atoms with Crippen LogP contribution in [-0.2, 0) is 0 Å². The minimum Gasteiger partial charge on any atom is -0.396 e. The molecule has 0 saturated carbocycles. The summed E-state index contributed by atoms with van der Waals surface area (Å²) in [6, 6.07) is 0. The third-order valence-electron chi connectivity index (χ3n) is 2.77. The fourth-order valence-corrected chi connectivity index (χ4v) is 0.655. The minimum absolute atomic E-state index is 0.238. The molecule has 0 amide bonds. The molecular formula is C9H20O. The zero-order valence-corrected chi connectivity index (χ0v) is 7.86. The fraction of sp³-hybridized carbons (Fsp3) is 1.00. The molecule has 1 N–H and O–H groups in total. The Morgan fingerprint density at radius 3 is 1.50 bits per heavy atom. The second-order valence-corrected chi connectivity index (χ2v) is 4.61. The number of hydrogen-bond acceptors (Lipinski definition) is 1. The number of hydrogen-bond donors (Lipinski definition) is 1. The average molecular weight is 144 g/mol. The van der Waals surface area contributed by atoms with E-state index in [1.165, 1.54) is 0 Å². The van der Waals surface area contributed by atoms with Gasteiger partial charge in [-0.15, -0.1) is 0 Å². The van der Waals surface area contributed by atoms with E-state index in [0.29, 0.717) is 6.61 Å². The summed E-state index contributed by atoms with van der Waals surface area (Å²) in [5.74, 6) is 0. The van der Waals surface area contributed by atoms with Crippen molar-refractivity contribution in [1.82, 2.24) is 0 Å². The fourth-order valence-electron chi connectivity index (χ4n) is 0.655. The molecule has 10 heavy (non-hydrogen) atoms. The number of aliphatic hydroxyl groups is 1. The molecule has 1 nitrogen and oxygen atoms in total. The van der Waals surface area contributed by atoms with Gasteiger partial charge >= 0.3 is 0 Å². The summed E-state index contributed by atoms with van der Waals surface area (Å²) in [6.07, 6.45) is 0.885. The molecule has 0 aliphatic carbocycles. The van der Waals surface area contributed by atoms with E-state index in [1.54, 1.807) is 0 Å². The van der Waals surface area contributed by atoms with Crippen molar-refractivity contribution >= 4 is 0 Å². The molecule has 0 saturated heterocycles. The maximum absolute atomic E-state index is 8.77. The van der Waals surface area contributed by atoms with Crippen LogP contribution in [-0.4, -0.2) is 11.7 Å². The van der Waals surface area contributed by atoms with Crippen molar-refractivity contribution in [2.45, 2.75) is 41.0 Å². The van der Waals surface area contributed by atoms with Crippen LogP contribution in [0, 0.1) is 10.8 Å². The molecule has 0 bridgehead atoms. The highest BCUT2D eigenvalue weighted by molar-refractivity contribution is 4.81. The first-order valence-electron chi connectivity index (χ1n) is 3.92. The van der Waals surface area contributed by atoms with E-state index >= 15 is 0 Å². The molecule has 0 unspecified atom stereocenters. The summed E-state index contributed by atoms with van der Waals surface area (Å²) in [7, 11) is 0. The van der Waals surface area contributed by atoms with E-state index < -0.39 is 0 Å². The Bertz CT molecular complexity index is 97.8. The lowest BCUT2D eigenvalue weighted by Crippen LogP contribution is -2.30. The van der Waals surface area contributed by atoms with Gasteiger partial charge in [-0.3, -0.25) is 0 Å². The molecule has 0 aliphatic heterocycles. The van der Waals surface area contributed by atoms with E-state index in [0.717, 1.165) is 6.42 Å². The highest BCUT2D eigenvalue weighted by atomic mass is 16.3. The van der Waals surface area contributed by atoms with Crippen LogP contribution in [0.25, 0.3) is 0 Å². The van der Waals surface area contributed by atoms with Crippen LogP contribution in [0.15, 0.2) is 0 Å². The summed E-state index contributed by atoms with van der Waals surface area (Å²) >= 11 is 0. The Hall–Kier alpha value is -0.0400. The molecule has 62 valence electrons. The van der Waals surface area contributed by atoms with E-state index in [1.807, 2.05) is 0 Å². The van der Waals surface area contributed by atoms with Crippen LogP contribution in [0.1, 0.15) is 41.0 Å². The first-order valence-corrected chi connectivity index (χ1v) is 3.92. The molecule has 0 aromatic carbocycles. The highest BCUT2D eigenvalue weighted by Gasteiger charge is 2.31. The van der Waals surface area contributed by atoms with Crippen LogP contribution in [0.4, 0.5) is 0 Å². The predicted molar refractivity (Wildman–Crippen MR) is 44.9 cm³/mol. The second-order valence-electron chi connectivity index (χ2n) is 4.61. The van der Waals surface area contributed by atoms with Gasteiger partial charge in [0.25, 0.3) is 0 Å². The summed E-state index contributed by atoms with van der Waals surface area (Å²) in [6.45, 7) is 11.3. The van der Waals surface area contributed by atoms with Gasteiger partial charge in [0.2, 0.25) is 0 Å². The van der Waals surface area contributed by atoms with Crippen molar-refractivity contribution in [2.24, 2.45) is 10.8 Å². The topological polar surface area (TPSA) is 20.2 Å². The normalized spacial score (nSPS) is 13.8. The van der Waals surface area contributed by atoms with Crippen molar-refractivity contribution < 1.29 is 5.11 Å². The quantitative estimate of drug-likeness (QED) is 0.631. The first kappa shape index (κ1) is 9.96. The van der Waals surface area contributed by atoms with Gasteiger partial charge in [0, 0.05) is 6.61 Å². The van der Waals surface area contributed by atoms with Crippen LogP contribution in [0.2, 0.25) is 0 Å².